The molecule has 0 aromatic carbocycles. The summed E-state index contributed by atoms with van der Waals surface area (Å²) in [6.45, 7) is 17.1. The Morgan fingerprint density at radius 3 is 1.85 bits per heavy atom. The van der Waals surface area contributed by atoms with E-state index in [2.05, 4.69) is 10.6 Å². The van der Waals surface area contributed by atoms with E-state index in [1.165, 1.54) is 0 Å². The first kappa shape index (κ1) is 25.2. The number of carbonyl (C=O) groups excluding carboxylic acids is 3. The van der Waals surface area contributed by atoms with Crippen LogP contribution in [0.25, 0.3) is 0 Å². The molecule has 2 N–H and O–H groups in total. The van der Waals surface area contributed by atoms with Crippen molar-refractivity contribution in [3.63, 3.8) is 0 Å². The number of alkyl carbamates (subject to hydrolysis) is 2. The fourth-order valence-electron chi connectivity index (χ4n) is 2.50. The van der Waals surface area contributed by atoms with Gasteiger partial charge in [0.2, 0.25) is 0 Å². The standard InChI is InChI=1S/C20H38N2O5/c1-14(22-17(25)27-19(5,6)7)15(13-23)12-20(8,9)10-11-21-16(24)26-18(2,3)4/h13-15H,10-12H2,1-9H3,(H,21,24)(H,22,25)/t14-,15+/m1/s1. The zero-order valence-corrected chi connectivity index (χ0v) is 18.4. The van der Waals surface area contributed by atoms with E-state index in [0.717, 1.165) is 6.29 Å². The van der Waals surface area contributed by atoms with Gasteiger partial charge in [0.05, 0.1) is 0 Å². The summed E-state index contributed by atoms with van der Waals surface area (Å²) in [6, 6.07) is -0.351. The zero-order valence-electron chi connectivity index (χ0n) is 18.4. The predicted molar refractivity (Wildman–Crippen MR) is 106 cm³/mol. The van der Waals surface area contributed by atoms with Crippen molar-refractivity contribution in [2.45, 2.75) is 92.4 Å². The first-order chi connectivity index (χ1) is 12.0. The van der Waals surface area contributed by atoms with E-state index in [1.54, 1.807) is 27.7 Å². The van der Waals surface area contributed by atoms with E-state index < -0.39 is 23.4 Å². The third-order valence-corrected chi connectivity index (χ3v) is 3.82. The molecule has 0 saturated carbocycles. The summed E-state index contributed by atoms with van der Waals surface area (Å²) in [5, 5.41) is 5.46. The van der Waals surface area contributed by atoms with Crippen molar-refractivity contribution in [2.75, 3.05) is 6.54 Å². The van der Waals surface area contributed by atoms with Gasteiger partial charge in [-0.15, -0.1) is 0 Å². The van der Waals surface area contributed by atoms with E-state index in [4.69, 9.17) is 9.47 Å². The molecule has 0 aromatic rings. The molecule has 27 heavy (non-hydrogen) atoms. The molecule has 7 heteroatoms. The highest BCUT2D eigenvalue weighted by Crippen LogP contribution is 2.29. The maximum atomic E-state index is 11.9. The highest BCUT2D eigenvalue weighted by molar-refractivity contribution is 5.69. The SMILES string of the molecule is C[C@@H](NC(=O)OC(C)(C)C)[C@H](C=O)CC(C)(C)CCNC(=O)OC(C)(C)C. The average Bonchev–Trinajstić information content (AvgIpc) is 2.40. The molecule has 2 atom stereocenters. The van der Waals surface area contributed by atoms with Gasteiger partial charge in [-0.05, 0) is 66.7 Å². The van der Waals surface area contributed by atoms with Crippen molar-refractivity contribution in [1.82, 2.24) is 10.6 Å². The monoisotopic (exact) mass is 386 g/mol. The Morgan fingerprint density at radius 1 is 0.926 bits per heavy atom. The number of nitrogens with one attached hydrogen (secondary N) is 2. The van der Waals surface area contributed by atoms with Gasteiger partial charge in [-0.1, -0.05) is 13.8 Å². The van der Waals surface area contributed by atoms with Gasteiger partial charge >= 0.3 is 12.2 Å². The third kappa shape index (κ3) is 13.1. The fourth-order valence-corrected chi connectivity index (χ4v) is 2.50. The van der Waals surface area contributed by atoms with Crippen molar-refractivity contribution < 1.29 is 23.9 Å². The van der Waals surface area contributed by atoms with E-state index >= 15 is 0 Å². The molecular weight excluding hydrogens is 348 g/mol. The van der Waals surface area contributed by atoms with Gasteiger partial charge in [-0.2, -0.15) is 0 Å². The van der Waals surface area contributed by atoms with E-state index in [9.17, 15) is 14.4 Å². The fraction of sp³-hybridized carbons (Fsp3) is 0.850. The van der Waals surface area contributed by atoms with Crippen molar-refractivity contribution >= 4 is 18.5 Å². The quantitative estimate of drug-likeness (QED) is 0.614. The Morgan fingerprint density at radius 2 is 1.41 bits per heavy atom. The highest BCUT2D eigenvalue weighted by Gasteiger charge is 2.29. The van der Waals surface area contributed by atoms with Gasteiger partial charge in [0.1, 0.15) is 17.5 Å². The van der Waals surface area contributed by atoms with E-state index in [0.29, 0.717) is 19.4 Å². The molecule has 2 amide bonds. The van der Waals surface area contributed by atoms with Crippen LogP contribution >= 0.6 is 0 Å². The smallest absolute Gasteiger partial charge is 0.407 e. The minimum Gasteiger partial charge on any atom is -0.444 e. The van der Waals surface area contributed by atoms with Crippen molar-refractivity contribution in [3.05, 3.63) is 0 Å². The lowest BCUT2D eigenvalue weighted by atomic mass is 9.78. The van der Waals surface area contributed by atoms with Crippen LogP contribution in [0.4, 0.5) is 9.59 Å². The van der Waals surface area contributed by atoms with Crippen molar-refractivity contribution in [1.29, 1.82) is 0 Å². The normalized spacial score (nSPS) is 14.7. The molecule has 7 nitrogen and oxygen atoms in total. The summed E-state index contributed by atoms with van der Waals surface area (Å²) >= 11 is 0. The van der Waals surface area contributed by atoms with Crippen LogP contribution in [0.2, 0.25) is 0 Å². The number of ether oxygens (including phenoxy) is 2. The average molecular weight is 387 g/mol. The van der Waals surface area contributed by atoms with Gasteiger partial charge in [0.25, 0.3) is 0 Å². The summed E-state index contributed by atoms with van der Waals surface area (Å²) < 4.78 is 10.4. The Balaban J connectivity index is 4.54. The molecular formula is C20H38N2O5. The first-order valence-electron chi connectivity index (χ1n) is 9.46. The number of amides is 2. The molecule has 0 saturated heterocycles. The Kier molecular flexibility index (Phi) is 9.29. The topological polar surface area (TPSA) is 93.7 Å². The molecule has 158 valence electrons. The molecule has 0 aliphatic heterocycles. The molecule has 0 radical (unpaired) electrons. The van der Waals surface area contributed by atoms with Gasteiger partial charge in [-0.25, -0.2) is 9.59 Å². The van der Waals surface area contributed by atoms with Gasteiger partial charge in [-0.3, -0.25) is 0 Å². The molecule has 0 heterocycles. The maximum absolute atomic E-state index is 11.9. The minimum absolute atomic E-state index is 0.204. The van der Waals surface area contributed by atoms with Crippen molar-refractivity contribution in [2.24, 2.45) is 11.3 Å². The molecule has 0 bridgehead atoms. The number of hydrogen-bond acceptors (Lipinski definition) is 5. The lowest BCUT2D eigenvalue weighted by Gasteiger charge is -2.31. The number of hydrogen-bond donors (Lipinski definition) is 2. The van der Waals surface area contributed by atoms with Crippen LogP contribution in [0, 0.1) is 11.3 Å². The Labute approximate surface area is 163 Å². The van der Waals surface area contributed by atoms with Gasteiger partial charge < -0.3 is 24.9 Å². The molecule has 0 unspecified atom stereocenters. The van der Waals surface area contributed by atoms with Crippen LogP contribution in [0.1, 0.15) is 75.2 Å². The van der Waals surface area contributed by atoms with Crippen LogP contribution in [0.5, 0.6) is 0 Å². The second-order valence-corrected chi connectivity index (χ2v) is 9.78. The number of carbonyl (C=O) groups is 3. The zero-order chi connectivity index (χ0) is 21.5. The van der Waals surface area contributed by atoms with Gasteiger partial charge in [0, 0.05) is 18.5 Å². The molecule has 0 aliphatic carbocycles. The van der Waals surface area contributed by atoms with Gasteiger partial charge in [0.15, 0.2) is 0 Å². The molecule has 0 rings (SSSR count). The maximum Gasteiger partial charge on any atom is 0.407 e. The summed E-state index contributed by atoms with van der Waals surface area (Å²) in [4.78, 5) is 35.2. The molecule has 0 spiro atoms. The predicted octanol–water partition coefficient (Wildman–Crippen LogP) is 4.05. The largest absolute Gasteiger partial charge is 0.444 e. The second-order valence-electron chi connectivity index (χ2n) is 9.78. The third-order valence-electron chi connectivity index (χ3n) is 3.82. The lowest BCUT2D eigenvalue weighted by molar-refractivity contribution is -0.112. The second kappa shape index (κ2) is 9.95. The first-order valence-corrected chi connectivity index (χ1v) is 9.46. The summed E-state index contributed by atoms with van der Waals surface area (Å²) in [5.41, 5.74) is -1.33. The lowest BCUT2D eigenvalue weighted by Crippen LogP contribution is -2.43. The van der Waals surface area contributed by atoms with Crippen LogP contribution in [-0.4, -0.2) is 42.3 Å². The summed E-state index contributed by atoms with van der Waals surface area (Å²) in [7, 11) is 0. The number of aldehydes is 1. The number of rotatable bonds is 8. The van der Waals surface area contributed by atoms with Crippen LogP contribution in [0.3, 0.4) is 0 Å². The van der Waals surface area contributed by atoms with Crippen LogP contribution in [0.15, 0.2) is 0 Å². The summed E-state index contributed by atoms with van der Waals surface area (Å²) in [6.07, 6.45) is 1.13. The minimum atomic E-state index is -0.590. The Bertz CT molecular complexity index is 503. The van der Waals surface area contributed by atoms with Crippen molar-refractivity contribution in [3.8, 4) is 0 Å². The Hall–Kier alpha value is -1.79. The molecule has 0 aliphatic rings. The van der Waals surface area contributed by atoms with E-state index in [1.807, 2.05) is 34.6 Å². The van der Waals surface area contributed by atoms with Crippen LogP contribution < -0.4 is 10.6 Å². The molecule has 0 aromatic heterocycles. The summed E-state index contributed by atoms with van der Waals surface area (Å²) in [5.74, 6) is -0.353. The van der Waals surface area contributed by atoms with Crippen LogP contribution in [-0.2, 0) is 14.3 Å². The van der Waals surface area contributed by atoms with E-state index in [-0.39, 0.29) is 17.4 Å². The molecule has 0 fully saturated rings. The highest BCUT2D eigenvalue weighted by atomic mass is 16.6.